The summed E-state index contributed by atoms with van der Waals surface area (Å²) in [6.45, 7) is 4.12. The maximum atomic E-state index is 12.0. The summed E-state index contributed by atoms with van der Waals surface area (Å²) in [7, 11) is 0. The minimum Gasteiger partial charge on any atom is -0.348 e. The zero-order chi connectivity index (χ0) is 13.2. The van der Waals surface area contributed by atoms with E-state index in [0.717, 1.165) is 17.7 Å². The number of amides is 1. The predicted octanol–water partition coefficient (Wildman–Crippen LogP) is 3.43. The van der Waals surface area contributed by atoms with Gasteiger partial charge >= 0.3 is 0 Å². The van der Waals surface area contributed by atoms with Crippen molar-refractivity contribution in [2.24, 2.45) is 0 Å². The Labute approximate surface area is 116 Å². The molecule has 1 N–H and O–H groups in total. The molecular weight excluding hydrogens is 254 g/mol. The lowest BCUT2D eigenvalue weighted by atomic mass is 9.91. The molecule has 0 bridgehead atoms. The molecule has 1 heterocycles. The Hall–Kier alpha value is -1.87. The summed E-state index contributed by atoms with van der Waals surface area (Å²) in [6.07, 6.45) is 3.78. The van der Waals surface area contributed by atoms with Gasteiger partial charge in [0.05, 0.1) is 4.88 Å². The van der Waals surface area contributed by atoms with E-state index < -0.39 is 0 Å². The van der Waals surface area contributed by atoms with E-state index in [0.29, 0.717) is 6.54 Å². The normalized spacial score (nSPS) is 12.4. The van der Waals surface area contributed by atoms with Crippen molar-refractivity contribution in [1.29, 1.82) is 0 Å². The average Bonchev–Trinajstić information content (AvgIpc) is 2.89. The maximum absolute atomic E-state index is 12.0. The molecule has 1 aliphatic carbocycles. The minimum atomic E-state index is -0.00298. The van der Waals surface area contributed by atoms with Gasteiger partial charge < -0.3 is 5.32 Å². The van der Waals surface area contributed by atoms with Crippen LogP contribution < -0.4 is 5.32 Å². The first-order valence-corrected chi connectivity index (χ1v) is 7.21. The maximum Gasteiger partial charge on any atom is 0.261 e. The quantitative estimate of drug-likeness (QED) is 0.850. The molecule has 0 saturated heterocycles. The van der Waals surface area contributed by atoms with Crippen LogP contribution in [0, 0.1) is 0 Å². The fourth-order valence-corrected chi connectivity index (χ4v) is 3.62. The van der Waals surface area contributed by atoms with Gasteiger partial charge in [0.15, 0.2) is 0 Å². The number of hydrogen-bond acceptors (Lipinski definition) is 2. The van der Waals surface area contributed by atoms with Crippen molar-refractivity contribution >= 4 is 17.2 Å². The van der Waals surface area contributed by atoms with Gasteiger partial charge in [-0.3, -0.25) is 4.79 Å². The van der Waals surface area contributed by atoms with Gasteiger partial charge in [0.2, 0.25) is 0 Å². The zero-order valence-corrected chi connectivity index (χ0v) is 11.4. The summed E-state index contributed by atoms with van der Waals surface area (Å²) < 4.78 is 0. The third kappa shape index (κ3) is 2.22. The second-order valence-electron chi connectivity index (χ2n) is 4.62. The number of fused-ring (bicyclic) bond motifs is 3. The number of nitrogens with one attached hydrogen (secondary N) is 1. The SMILES string of the molecule is C=CCNC(=O)c1cc2c(s1)-c1ccccc1CC2. The minimum absolute atomic E-state index is 0.00298. The fraction of sp³-hybridized carbons (Fsp3) is 0.188. The van der Waals surface area contributed by atoms with Crippen molar-refractivity contribution in [2.75, 3.05) is 6.54 Å². The molecule has 0 atom stereocenters. The number of hydrogen-bond donors (Lipinski definition) is 1. The van der Waals surface area contributed by atoms with Crippen LogP contribution in [0.3, 0.4) is 0 Å². The Morgan fingerprint density at radius 2 is 2.11 bits per heavy atom. The van der Waals surface area contributed by atoms with Crippen molar-refractivity contribution in [2.45, 2.75) is 12.8 Å². The van der Waals surface area contributed by atoms with Crippen LogP contribution in [-0.4, -0.2) is 12.5 Å². The van der Waals surface area contributed by atoms with Gasteiger partial charge in [-0.15, -0.1) is 17.9 Å². The second kappa shape index (κ2) is 5.02. The number of rotatable bonds is 3. The molecule has 3 rings (SSSR count). The molecular formula is C16H15NOS. The summed E-state index contributed by atoms with van der Waals surface area (Å²) in [5, 5.41) is 2.84. The van der Waals surface area contributed by atoms with Gasteiger partial charge in [-0.1, -0.05) is 30.3 Å². The smallest absolute Gasteiger partial charge is 0.261 e. The highest BCUT2D eigenvalue weighted by Gasteiger charge is 2.20. The molecule has 0 unspecified atom stereocenters. The van der Waals surface area contributed by atoms with E-state index in [4.69, 9.17) is 0 Å². The summed E-state index contributed by atoms with van der Waals surface area (Å²) in [5.41, 5.74) is 3.97. The van der Waals surface area contributed by atoms with Gasteiger partial charge in [-0.25, -0.2) is 0 Å². The first-order chi connectivity index (χ1) is 9.29. The molecule has 19 heavy (non-hydrogen) atoms. The van der Waals surface area contributed by atoms with Crippen LogP contribution in [0.5, 0.6) is 0 Å². The lowest BCUT2D eigenvalue weighted by Gasteiger charge is -2.15. The molecule has 1 aliphatic rings. The highest BCUT2D eigenvalue weighted by atomic mass is 32.1. The van der Waals surface area contributed by atoms with E-state index in [-0.39, 0.29) is 5.91 Å². The van der Waals surface area contributed by atoms with E-state index in [1.54, 1.807) is 17.4 Å². The van der Waals surface area contributed by atoms with Gasteiger partial charge in [0.1, 0.15) is 0 Å². The number of thiophene rings is 1. The van der Waals surface area contributed by atoms with E-state index in [1.165, 1.54) is 21.6 Å². The zero-order valence-electron chi connectivity index (χ0n) is 10.6. The lowest BCUT2D eigenvalue weighted by Crippen LogP contribution is -2.22. The molecule has 0 fully saturated rings. The number of aryl methyl sites for hydroxylation is 2. The summed E-state index contributed by atoms with van der Waals surface area (Å²) in [6, 6.07) is 10.5. The molecule has 0 aliphatic heterocycles. The monoisotopic (exact) mass is 269 g/mol. The standard InChI is InChI=1S/C16H15NOS/c1-2-9-17-16(18)14-10-12-8-7-11-5-3-4-6-13(11)15(12)19-14/h2-6,10H,1,7-9H2,(H,17,18). The largest absolute Gasteiger partial charge is 0.348 e. The molecule has 0 saturated carbocycles. The van der Waals surface area contributed by atoms with Crippen molar-refractivity contribution in [3.05, 3.63) is 59.0 Å². The molecule has 1 aromatic carbocycles. The first-order valence-electron chi connectivity index (χ1n) is 6.39. The third-order valence-electron chi connectivity index (χ3n) is 3.37. The highest BCUT2D eigenvalue weighted by Crippen LogP contribution is 2.39. The van der Waals surface area contributed by atoms with E-state index in [1.807, 2.05) is 6.07 Å². The molecule has 1 aromatic heterocycles. The summed E-state index contributed by atoms with van der Waals surface area (Å²) in [5.74, 6) is -0.00298. The number of benzene rings is 1. The Morgan fingerprint density at radius 3 is 2.95 bits per heavy atom. The van der Waals surface area contributed by atoms with E-state index in [2.05, 4.69) is 36.2 Å². The number of carbonyl (C=O) groups excluding carboxylic acids is 1. The topological polar surface area (TPSA) is 29.1 Å². The van der Waals surface area contributed by atoms with Gasteiger partial charge in [0.25, 0.3) is 5.91 Å². The predicted molar refractivity (Wildman–Crippen MR) is 79.7 cm³/mol. The highest BCUT2D eigenvalue weighted by molar-refractivity contribution is 7.17. The van der Waals surface area contributed by atoms with Crippen molar-refractivity contribution in [3.8, 4) is 10.4 Å². The van der Waals surface area contributed by atoms with Gasteiger partial charge in [0, 0.05) is 11.4 Å². The average molecular weight is 269 g/mol. The molecule has 2 aromatic rings. The van der Waals surface area contributed by atoms with Crippen molar-refractivity contribution < 1.29 is 4.79 Å². The van der Waals surface area contributed by atoms with Gasteiger partial charge in [-0.2, -0.15) is 0 Å². The molecule has 0 spiro atoms. The van der Waals surface area contributed by atoms with E-state index in [9.17, 15) is 4.79 Å². The molecule has 1 amide bonds. The van der Waals surface area contributed by atoms with Gasteiger partial charge in [-0.05, 0) is 35.6 Å². The van der Waals surface area contributed by atoms with E-state index >= 15 is 0 Å². The Kier molecular flexibility index (Phi) is 3.22. The molecule has 2 nitrogen and oxygen atoms in total. The molecule has 96 valence electrons. The fourth-order valence-electron chi connectivity index (χ4n) is 2.44. The van der Waals surface area contributed by atoms with Crippen LogP contribution in [0.4, 0.5) is 0 Å². The van der Waals surface area contributed by atoms with Crippen LogP contribution in [0.15, 0.2) is 43.0 Å². The van der Waals surface area contributed by atoms with Crippen molar-refractivity contribution in [1.82, 2.24) is 5.32 Å². The summed E-state index contributed by atoms with van der Waals surface area (Å²) in [4.78, 5) is 14.0. The second-order valence-corrected chi connectivity index (χ2v) is 5.67. The Bertz CT molecular complexity index is 642. The molecule has 3 heteroatoms. The Morgan fingerprint density at radius 1 is 1.32 bits per heavy atom. The van der Waals surface area contributed by atoms with Crippen LogP contribution in [0.2, 0.25) is 0 Å². The van der Waals surface area contributed by atoms with Crippen LogP contribution >= 0.6 is 11.3 Å². The number of carbonyl (C=O) groups is 1. The molecule has 0 radical (unpaired) electrons. The van der Waals surface area contributed by atoms with Crippen molar-refractivity contribution in [3.63, 3.8) is 0 Å². The van der Waals surface area contributed by atoms with Crippen LogP contribution in [0.25, 0.3) is 10.4 Å². The third-order valence-corrected chi connectivity index (χ3v) is 4.57. The summed E-state index contributed by atoms with van der Waals surface area (Å²) >= 11 is 1.59. The Balaban J connectivity index is 1.96. The lowest BCUT2D eigenvalue weighted by molar-refractivity contribution is 0.0962. The van der Waals surface area contributed by atoms with Crippen LogP contribution in [-0.2, 0) is 12.8 Å². The van der Waals surface area contributed by atoms with Crippen LogP contribution in [0.1, 0.15) is 20.8 Å². The first kappa shape index (κ1) is 12.2.